The Kier molecular flexibility index (Phi) is 4.20. The molecule has 1 aromatic rings. The predicted octanol–water partition coefficient (Wildman–Crippen LogP) is 3.40. The number of allylic oxidation sites excluding steroid dienone is 4. The molecule has 0 amide bonds. The molecule has 1 aliphatic heterocycles. The number of rotatable bonds is 4. The number of hydrogen-bond donors (Lipinski definition) is 0. The zero-order valence-electron chi connectivity index (χ0n) is 12.2. The molecule has 0 bridgehead atoms. The lowest BCUT2D eigenvalue weighted by atomic mass is 9.85. The molecule has 2 unspecified atom stereocenters. The Morgan fingerprint density at radius 1 is 1.24 bits per heavy atom. The number of aldehydes is 1. The predicted molar refractivity (Wildman–Crippen MR) is 82.2 cm³/mol. The molecule has 1 aromatic carbocycles. The van der Waals surface area contributed by atoms with Crippen molar-refractivity contribution in [2.24, 2.45) is 5.92 Å². The zero-order chi connectivity index (χ0) is 14.7. The summed E-state index contributed by atoms with van der Waals surface area (Å²) in [5.41, 5.74) is 3.34. The van der Waals surface area contributed by atoms with E-state index in [0.29, 0.717) is 12.5 Å². The van der Waals surface area contributed by atoms with Gasteiger partial charge < -0.3 is 9.47 Å². The molecule has 0 saturated carbocycles. The van der Waals surface area contributed by atoms with Gasteiger partial charge in [-0.2, -0.15) is 0 Å². The van der Waals surface area contributed by atoms with Crippen LogP contribution < -0.4 is 4.74 Å². The minimum absolute atomic E-state index is 0.182. The molecule has 1 fully saturated rings. The van der Waals surface area contributed by atoms with E-state index in [1.165, 1.54) is 11.1 Å². The molecule has 0 spiro atoms. The number of benzene rings is 1. The van der Waals surface area contributed by atoms with Crippen molar-refractivity contribution in [3.63, 3.8) is 0 Å². The summed E-state index contributed by atoms with van der Waals surface area (Å²) in [5.74, 6) is 1.26. The normalized spacial score (nSPS) is 25.2. The van der Waals surface area contributed by atoms with Gasteiger partial charge in [0, 0.05) is 6.42 Å². The first kappa shape index (κ1) is 14.1. The maximum atomic E-state index is 10.8. The van der Waals surface area contributed by atoms with Gasteiger partial charge in [0.15, 0.2) is 0 Å². The van der Waals surface area contributed by atoms with E-state index in [1.807, 2.05) is 18.2 Å². The van der Waals surface area contributed by atoms with E-state index in [4.69, 9.17) is 9.47 Å². The monoisotopic (exact) mass is 284 g/mol. The molecule has 3 nitrogen and oxygen atoms in total. The fraction of sp³-hybridized carbons (Fsp3) is 0.389. The molecule has 1 saturated heterocycles. The SMILES string of the molecule is CC1CC(C=O)=CC=C1c1ccc(OC2CCOC2)cc1. The Labute approximate surface area is 125 Å². The number of ether oxygens (including phenoxy) is 2. The second-order valence-electron chi connectivity index (χ2n) is 5.71. The molecule has 1 heterocycles. The van der Waals surface area contributed by atoms with Crippen molar-refractivity contribution >= 4 is 11.9 Å². The van der Waals surface area contributed by atoms with Crippen LogP contribution in [-0.2, 0) is 9.53 Å². The number of carbonyl (C=O) groups excluding carboxylic acids is 1. The largest absolute Gasteiger partial charge is 0.488 e. The molecule has 0 aromatic heterocycles. The highest BCUT2D eigenvalue weighted by Crippen LogP contribution is 2.32. The molecule has 0 radical (unpaired) electrons. The van der Waals surface area contributed by atoms with Gasteiger partial charge in [0.05, 0.1) is 13.2 Å². The second kappa shape index (κ2) is 6.27. The van der Waals surface area contributed by atoms with Gasteiger partial charge >= 0.3 is 0 Å². The topological polar surface area (TPSA) is 35.5 Å². The molecule has 110 valence electrons. The van der Waals surface area contributed by atoms with Crippen molar-refractivity contribution in [2.45, 2.75) is 25.9 Å². The Balaban J connectivity index is 1.73. The lowest BCUT2D eigenvalue weighted by molar-refractivity contribution is -0.105. The average Bonchev–Trinajstić information content (AvgIpc) is 3.01. The summed E-state index contributed by atoms with van der Waals surface area (Å²) < 4.78 is 11.2. The van der Waals surface area contributed by atoms with Gasteiger partial charge in [-0.3, -0.25) is 4.79 Å². The van der Waals surface area contributed by atoms with Crippen molar-refractivity contribution in [1.82, 2.24) is 0 Å². The third-order valence-electron chi connectivity index (χ3n) is 4.08. The lowest BCUT2D eigenvalue weighted by Gasteiger charge is -2.20. The van der Waals surface area contributed by atoms with E-state index in [9.17, 15) is 4.79 Å². The van der Waals surface area contributed by atoms with Crippen LogP contribution in [0, 0.1) is 5.92 Å². The highest BCUT2D eigenvalue weighted by atomic mass is 16.5. The molecule has 3 heteroatoms. The number of carbonyl (C=O) groups is 1. The van der Waals surface area contributed by atoms with E-state index in [2.05, 4.69) is 25.1 Å². The van der Waals surface area contributed by atoms with Crippen LogP contribution >= 0.6 is 0 Å². The van der Waals surface area contributed by atoms with Crippen LogP contribution in [0.25, 0.3) is 5.57 Å². The van der Waals surface area contributed by atoms with Crippen molar-refractivity contribution in [3.05, 3.63) is 47.6 Å². The summed E-state index contributed by atoms with van der Waals surface area (Å²) in [7, 11) is 0. The minimum Gasteiger partial charge on any atom is -0.488 e. The van der Waals surface area contributed by atoms with Crippen LogP contribution in [-0.4, -0.2) is 25.6 Å². The maximum Gasteiger partial charge on any atom is 0.146 e. The summed E-state index contributed by atoms with van der Waals surface area (Å²) in [6.45, 7) is 3.63. The van der Waals surface area contributed by atoms with Crippen molar-refractivity contribution in [2.75, 3.05) is 13.2 Å². The molecular formula is C18H20O3. The fourth-order valence-electron chi connectivity index (χ4n) is 2.89. The standard InChI is InChI=1S/C18H20O3/c1-13-10-14(11-19)2-7-18(13)15-3-5-16(6-4-15)21-17-8-9-20-12-17/h2-7,11,13,17H,8-10,12H2,1H3. The zero-order valence-corrected chi connectivity index (χ0v) is 12.2. The third kappa shape index (κ3) is 3.24. The van der Waals surface area contributed by atoms with E-state index < -0.39 is 0 Å². The first-order valence-electron chi connectivity index (χ1n) is 7.47. The lowest BCUT2D eigenvalue weighted by Crippen LogP contribution is -2.15. The molecular weight excluding hydrogens is 264 g/mol. The number of hydrogen-bond acceptors (Lipinski definition) is 3. The van der Waals surface area contributed by atoms with Crippen LogP contribution in [0.15, 0.2) is 42.0 Å². The fourth-order valence-corrected chi connectivity index (χ4v) is 2.89. The van der Waals surface area contributed by atoms with Gasteiger partial charge in [-0.25, -0.2) is 0 Å². The van der Waals surface area contributed by atoms with Crippen molar-refractivity contribution in [1.29, 1.82) is 0 Å². The summed E-state index contributed by atoms with van der Waals surface area (Å²) in [6.07, 6.45) is 6.88. The van der Waals surface area contributed by atoms with E-state index in [1.54, 1.807) is 0 Å². The molecule has 2 aliphatic rings. The maximum absolute atomic E-state index is 10.8. The summed E-state index contributed by atoms with van der Waals surface area (Å²) in [6, 6.07) is 8.21. The molecule has 0 N–H and O–H groups in total. The van der Waals surface area contributed by atoms with Gasteiger partial charge in [-0.15, -0.1) is 0 Å². The smallest absolute Gasteiger partial charge is 0.146 e. The van der Waals surface area contributed by atoms with E-state index in [0.717, 1.165) is 37.1 Å². The highest BCUT2D eigenvalue weighted by molar-refractivity contribution is 5.80. The second-order valence-corrected chi connectivity index (χ2v) is 5.71. The molecule has 21 heavy (non-hydrogen) atoms. The van der Waals surface area contributed by atoms with Crippen LogP contribution in [0.4, 0.5) is 0 Å². The first-order chi connectivity index (χ1) is 10.3. The minimum atomic E-state index is 0.182. The summed E-state index contributed by atoms with van der Waals surface area (Å²) >= 11 is 0. The van der Waals surface area contributed by atoms with Gasteiger partial charge in [0.1, 0.15) is 18.1 Å². The molecule has 3 rings (SSSR count). The van der Waals surface area contributed by atoms with Gasteiger partial charge in [0.25, 0.3) is 0 Å². The Bertz CT molecular complexity index is 563. The summed E-state index contributed by atoms with van der Waals surface area (Å²) in [4.78, 5) is 10.8. The van der Waals surface area contributed by atoms with Crippen LogP contribution in [0.1, 0.15) is 25.3 Å². The van der Waals surface area contributed by atoms with E-state index >= 15 is 0 Å². The Hall–Kier alpha value is -1.87. The average molecular weight is 284 g/mol. The Morgan fingerprint density at radius 3 is 2.67 bits per heavy atom. The van der Waals surface area contributed by atoms with Crippen LogP contribution in [0.5, 0.6) is 5.75 Å². The Morgan fingerprint density at radius 2 is 2.05 bits per heavy atom. The molecule has 2 atom stereocenters. The van der Waals surface area contributed by atoms with Gasteiger partial charge in [-0.1, -0.05) is 31.2 Å². The van der Waals surface area contributed by atoms with Crippen LogP contribution in [0.3, 0.4) is 0 Å². The van der Waals surface area contributed by atoms with E-state index in [-0.39, 0.29) is 6.10 Å². The quantitative estimate of drug-likeness (QED) is 0.795. The summed E-state index contributed by atoms with van der Waals surface area (Å²) in [5, 5.41) is 0. The van der Waals surface area contributed by atoms with Crippen molar-refractivity contribution in [3.8, 4) is 5.75 Å². The van der Waals surface area contributed by atoms with Gasteiger partial charge in [0.2, 0.25) is 0 Å². The van der Waals surface area contributed by atoms with Gasteiger partial charge in [-0.05, 0) is 41.2 Å². The highest BCUT2D eigenvalue weighted by Gasteiger charge is 2.18. The van der Waals surface area contributed by atoms with Crippen molar-refractivity contribution < 1.29 is 14.3 Å². The first-order valence-corrected chi connectivity index (χ1v) is 7.47. The third-order valence-corrected chi connectivity index (χ3v) is 4.08. The molecule has 1 aliphatic carbocycles. The van der Waals surface area contributed by atoms with Crippen LogP contribution in [0.2, 0.25) is 0 Å².